The van der Waals surface area contributed by atoms with Gasteiger partial charge in [0.25, 0.3) is 0 Å². The van der Waals surface area contributed by atoms with Crippen LogP contribution in [-0.4, -0.2) is 37.0 Å². The maximum absolute atomic E-state index is 14.0. The van der Waals surface area contributed by atoms with E-state index >= 15 is 0 Å². The highest BCUT2D eigenvalue weighted by atomic mass is 19.4. The SMILES string of the molecule is CC(C)NCc1cccc(F)c1N(CCO)CC(F)(F)F. The molecule has 1 aromatic carbocycles. The van der Waals surface area contributed by atoms with E-state index in [1.807, 2.05) is 13.8 Å². The number of nitrogens with one attached hydrogen (secondary N) is 1. The van der Waals surface area contributed by atoms with Gasteiger partial charge in [-0.2, -0.15) is 13.2 Å². The molecule has 0 aromatic heterocycles. The fraction of sp³-hybridized carbons (Fsp3) is 0.571. The van der Waals surface area contributed by atoms with Crippen LogP contribution < -0.4 is 10.2 Å². The van der Waals surface area contributed by atoms with Gasteiger partial charge in [-0.25, -0.2) is 4.39 Å². The van der Waals surface area contributed by atoms with Crippen molar-refractivity contribution < 1.29 is 22.7 Å². The number of benzene rings is 1. The second kappa shape index (κ2) is 7.61. The van der Waals surface area contributed by atoms with Crippen molar-refractivity contribution in [1.82, 2.24) is 5.32 Å². The first-order chi connectivity index (χ1) is 9.74. The summed E-state index contributed by atoms with van der Waals surface area (Å²) in [7, 11) is 0. The highest BCUT2D eigenvalue weighted by Crippen LogP contribution is 2.28. The maximum atomic E-state index is 14.0. The maximum Gasteiger partial charge on any atom is 0.405 e. The van der Waals surface area contributed by atoms with Crippen LogP contribution in [0.5, 0.6) is 0 Å². The summed E-state index contributed by atoms with van der Waals surface area (Å²) in [5.74, 6) is -0.726. The Hall–Kier alpha value is -1.34. The number of nitrogens with zero attached hydrogens (tertiary/aromatic N) is 1. The van der Waals surface area contributed by atoms with Gasteiger partial charge in [0.1, 0.15) is 12.4 Å². The zero-order valence-corrected chi connectivity index (χ0v) is 12.0. The Morgan fingerprint density at radius 1 is 1.29 bits per heavy atom. The normalized spacial score (nSPS) is 12.0. The number of para-hydroxylation sites is 1. The van der Waals surface area contributed by atoms with Crippen LogP contribution in [0, 0.1) is 5.82 Å². The lowest BCUT2D eigenvalue weighted by molar-refractivity contribution is -0.119. The van der Waals surface area contributed by atoms with E-state index in [-0.39, 0.29) is 24.8 Å². The molecule has 21 heavy (non-hydrogen) atoms. The van der Waals surface area contributed by atoms with Crippen LogP contribution in [0.15, 0.2) is 18.2 Å². The number of hydrogen-bond acceptors (Lipinski definition) is 3. The molecule has 120 valence electrons. The van der Waals surface area contributed by atoms with Crippen LogP contribution in [0.4, 0.5) is 23.2 Å². The lowest BCUT2D eigenvalue weighted by Gasteiger charge is -2.28. The minimum atomic E-state index is -4.47. The molecule has 2 N–H and O–H groups in total. The number of aliphatic hydroxyl groups excluding tert-OH is 1. The molecule has 0 atom stereocenters. The van der Waals surface area contributed by atoms with Crippen molar-refractivity contribution in [2.24, 2.45) is 0 Å². The average Bonchev–Trinajstić information content (AvgIpc) is 2.34. The largest absolute Gasteiger partial charge is 0.405 e. The molecule has 0 amide bonds. The molecular formula is C14H20F4N2O. The summed E-state index contributed by atoms with van der Waals surface area (Å²) in [6.07, 6.45) is -4.47. The van der Waals surface area contributed by atoms with Crippen molar-refractivity contribution in [3.8, 4) is 0 Å². The van der Waals surface area contributed by atoms with Crippen molar-refractivity contribution in [1.29, 1.82) is 0 Å². The standard InChI is InChI=1S/C14H20F4N2O/c1-10(2)19-8-11-4-3-5-12(15)13(11)20(6-7-21)9-14(16,17)18/h3-5,10,19,21H,6-9H2,1-2H3. The van der Waals surface area contributed by atoms with Crippen LogP contribution in [0.2, 0.25) is 0 Å². The lowest BCUT2D eigenvalue weighted by Crippen LogP contribution is -2.38. The van der Waals surface area contributed by atoms with E-state index < -0.39 is 25.1 Å². The van der Waals surface area contributed by atoms with Gasteiger partial charge >= 0.3 is 6.18 Å². The van der Waals surface area contributed by atoms with Crippen molar-refractivity contribution in [3.05, 3.63) is 29.6 Å². The summed E-state index contributed by atoms with van der Waals surface area (Å²) in [4.78, 5) is 0.826. The predicted octanol–water partition coefficient (Wildman–Crippen LogP) is 2.68. The van der Waals surface area contributed by atoms with Crippen molar-refractivity contribution in [2.75, 3.05) is 24.6 Å². The van der Waals surface area contributed by atoms with E-state index in [0.29, 0.717) is 5.56 Å². The van der Waals surface area contributed by atoms with E-state index in [4.69, 9.17) is 5.11 Å². The molecular weight excluding hydrogens is 288 g/mol. The summed E-state index contributed by atoms with van der Waals surface area (Å²) < 4.78 is 51.9. The van der Waals surface area contributed by atoms with Crippen molar-refractivity contribution >= 4 is 5.69 Å². The number of hydrogen-bond donors (Lipinski definition) is 2. The molecule has 0 fully saturated rings. The van der Waals surface area contributed by atoms with Crippen LogP contribution in [-0.2, 0) is 6.54 Å². The highest BCUT2D eigenvalue weighted by molar-refractivity contribution is 5.55. The molecule has 0 aliphatic rings. The number of alkyl halides is 3. The van der Waals surface area contributed by atoms with Crippen LogP contribution in [0.1, 0.15) is 19.4 Å². The minimum Gasteiger partial charge on any atom is -0.395 e. The summed E-state index contributed by atoms with van der Waals surface area (Å²) >= 11 is 0. The van der Waals surface area contributed by atoms with E-state index in [0.717, 1.165) is 11.0 Å². The van der Waals surface area contributed by atoms with Gasteiger partial charge in [-0.15, -0.1) is 0 Å². The zero-order chi connectivity index (χ0) is 16.0. The quantitative estimate of drug-likeness (QED) is 0.760. The van der Waals surface area contributed by atoms with Gasteiger partial charge in [-0.05, 0) is 11.6 Å². The molecule has 0 aliphatic heterocycles. The van der Waals surface area contributed by atoms with Gasteiger partial charge in [0.2, 0.25) is 0 Å². The minimum absolute atomic E-state index is 0.114. The summed E-state index contributed by atoms with van der Waals surface area (Å²) in [6, 6.07) is 4.28. The third-order valence-corrected chi connectivity index (χ3v) is 2.83. The van der Waals surface area contributed by atoms with Gasteiger partial charge in [0.15, 0.2) is 0 Å². The molecule has 3 nitrogen and oxygen atoms in total. The Bertz CT molecular complexity index is 449. The molecule has 0 unspecified atom stereocenters. The van der Waals surface area contributed by atoms with Crippen LogP contribution in [0.3, 0.4) is 0 Å². The summed E-state index contributed by atoms with van der Waals surface area (Å²) in [5.41, 5.74) is 0.318. The molecule has 1 rings (SSSR count). The molecule has 0 bridgehead atoms. The first-order valence-corrected chi connectivity index (χ1v) is 6.68. The van der Waals surface area contributed by atoms with E-state index in [9.17, 15) is 17.6 Å². The number of aliphatic hydroxyl groups is 1. The molecule has 7 heteroatoms. The molecule has 0 aliphatic carbocycles. The third kappa shape index (κ3) is 5.89. The second-order valence-corrected chi connectivity index (χ2v) is 5.04. The van der Waals surface area contributed by atoms with Crippen LogP contribution in [0.25, 0.3) is 0 Å². The molecule has 0 saturated heterocycles. The summed E-state index contributed by atoms with van der Waals surface area (Å²) in [5, 5.41) is 12.0. The van der Waals surface area contributed by atoms with Crippen molar-refractivity contribution in [3.63, 3.8) is 0 Å². The van der Waals surface area contributed by atoms with Gasteiger partial charge in [-0.3, -0.25) is 0 Å². The monoisotopic (exact) mass is 308 g/mol. The Labute approximate surface area is 121 Å². The topological polar surface area (TPSA) is 35.5 Å². The van der Waals surface area contributed by atoms with Gasteiger partial charge in [-0.1, -0.05) is 26.0 Å². The fourth-order valence-corrected chi connectivity index (χ4v) is 1.98. The lowest BCUT2D eigenvalue weighted by atomic mass is 10.1. The number of anilines is 1. The van der Waals surface area contributed by atoms with E-state index in [1.165, 1.54) is 6.07 Å². The fourth-order valence-electron chi connectivity index (χ4n) is 1.98. The number of halogens is 4. The van der Waals surface area contributed by atoms with E-state index in [2.05, 4.69) is 5.32 Å². The van der Waals surface area contributed by atoms with Gasteiger partial charge in [0.05, 0.1) is 12.3 Å². The summed E-state index contributed by atoms with van der Waals surface area (Å²) in [6.45, 7) is 1.96. The Morgan fingerprint density at radius 2 is 1.95 bits per heavy atom. The van der Waals surface area contributed by atoms with Crippen LogP contribution >= 0.6 is 0 Å². The zero-order valence-electron chi connectivity index (χ0n) is 12.0. The number of rotatable bonds is 7. The second-order valence-electron chi connectivity index (χ2n) is 5.04. The predicted molar refractivity (Wildman–Crippen MR) is 73.7 cm³/mol. The Morgan fingerprint density at radius 3 is 2.48 bits per heavy atom. The molecule has 0 spiro atoms. The molecule has 0 heterocycles. The van der Waals surface area contributed by atoms with Gasteiger partial charge < -0.3 is 15.3 Å². The van der Waals surface area contributed by atoms with Crippen molar-refractivity contribution in [2.45, 2.75) is 32.6 Å². The molecule has 1 aromatic rings. The highest BCUT2D eigenvalue weighted by Gasteiger charge is 2.32. The third-order valence-electron chi connectivity index (χ3n) is 2.83. The van der Waals surface area contributed by atoms with Gasteiger partial charge in [0, 0.05) is 19.1 Å². The average molecular weight is 308 g/mol. The Balaban J connectivity index is 3.09. The Kier molecular flexibility index (Phi) is 6.42. The first-order valence-electron chi connectivity index (χ1n) is 6.68. The van der Waals surface area contributed by atoms with E-state index in [1.54, 1.807) is 6.07 Å². The first kappa shape index (κ1) is 17.7. The molecule has 0 radical (unpaired) electrons. The molecule has 0 saturated carbocycles. The smallest absolute Gasteiger partial charge is 0.395 e.